The van der Waals surface area contributed by atoms with Gasteiger partial charge in [-0.3, -0.25) is 14.4 Å². The van der Waals surface area contributed by atoms with E-state index in [9.17, 15) is 19.2 Å². The lowest BCUT2D eigenvalue weighted by Crippen LogP contribution is -2.53. The van der Waals surface area contributed by atoms with Crippen molar-refractivity contribution in [3.05, 3.63) is 77.9 Å². The van der Waals surface area contributed by atoms with Crippen molar-refractivity contribution in [1.29, 1.82) is 0 Å². The molecule has 9 heteroatoms. The molecule has 0 spiro atoms. The van der Waals surface area contributed by atoms with Crippen LogP contribution in [0.4, 0.5) is 10.5 Å². The first-order valence-corrected chi connectivity index (χ1v) is 15.9. The van der Waals surface area contributed by atoms with Crippen LogP contribution in [0.1, 0.15) is 89.8 Å². The molecule has 4 amide bonds. The van der Waals surface area contributed by atoms with Crippen molar-refractivity contribution in [1.82, 2.24) is 10.2 Å². The monoisotopic (exact) mass is 626 g/mol. The van der Waals surface area contributed by atoms with E-state index in [4.69, 9.17) is 16.9 Å². The van der Waals surface area contributed by atoms with E-state index in [-0.39, 0.29) is 6.54 Å². The average molecular weight is 627 g/mol. The van der Waals surface area contributed by atoms with Crippen LogP contribution >= 0.6 is 0 Å². The van der Waals surface area contributed by atoms with Gasteiger partial charge >= 0.3 is 6.09 Å². The van der Waals surface area contributed by atoms with Crippen molar-refractivity contribution in [2.75, 3.05) is 11.9 Å². The summed E-state index contributed by atoms with van der Waals surface area (Å²) in [6.07, 6.45) is 9.93. The highest BCUT2D eigenvalue weighted by Gasteiger charge is 2.37. The zero-order valence-electron chi connectivity index (χ0n) is 27.3. The number of alkyl carbamates (subject to hydrolysis) is 1. The second-order valence-corrected chi connectivity index (χ2v) is 12.4. The van der Waals surface area contributed by atoms with E-state index < -0.39 is 47.9 Å². The van der Waals surface area contributed by atoms with Gasteiger partial charge in [0.15, 0.2) is 0 Å². The summed E-state index contributed by atoms with van der Waals surface area (Å²) in [5.74, 6) is 0.701. The number of nitrogens with two attached hydrogens (primary N) is 1. The molecule has 0 aliphatic carbocycles. The molecule has 4 N–H and O–H groups in total. The number of ether oxygens (including phenoxy) is 1. The molecule has 0 saturated carbocycles. The van der Waals surface area contributed by atoms with Gasteiger partial charge in [-0.1, -0.05) is 87.4 Å². The lowest BCUT2D eigenvalue weighted by Gasteiger charge is -2.34. The Morgan fingerprint density at radius 1 is 0.913 bits per heavy atom. The molecule has 244 valence electrons. The van der Waals surface area contributed by atoms with Gasteiger partial charge < -0.3 is 26.0 Å². The maximum Gasteiger partial charge on any atom is 0.408 e. The molecule has 3 aromatic rings. The topological polar surface area (TPSA) is 131 Å². The minimum absolute atomic E-state index is 0.197. The number of hydrogen-bond acceptors (Lipinski definition) is 5. The number of rotatable bonds is 15. The number of primary amides is 1. The van der Waals surface area contributed by atoms with E-state index in [0.29, 0.717) is 23.2 Å². The number of anilines is 1. The Morgan fingerprint density at radius 3 is 2.20 bits per heavy atom. The predicted molar refractivity (Wildman–Crippen MR) is 182 cm³/mol. The van der Waals surface area contributed by atoms with Crippen LogP contribution in [0.2, 0.25) is 0 Å². The standard InChI is InChI=1S/C37H46N4O5/c1-6-8-9-10-11-14-23-41(35(44)31(25-32(38)42)40-36(45)46-37(3,4)5)33(28-19-17-26(7-2)18-20-28)34(43)39-30-22-21-27-15-12-13-16-29(27)24-30/h2,12-13,15-22,24,31,33H,6,8-11,14,23,25H2,1,3-5H3,(H2,38,42)(H,39,43)(H,40,45). The Balaban J connectivity index is 2.03. The summed E-state index contributed by atoms with van der Waals surface area (Å²) in [7, 11) is 0. The van der Waals surface area contributed by atoms with Crippen LogP contribution in [-0.4, -0.2) is 46.9 Å². The molecule has 0 saturated heterocycles. The van der Waals surface area contributed by atoms with E-state index in [1.807, 2.05) is 36.4 Å². The number of nitrogens with zero attached hydrogens (tertiary/aromatic N) is 1. The molecular formula is C37H46N4O5. The lowest BCUT2D eigenvalue weighted by molar-refractivity contribution is -0.142. The minimum Gasteiger partial charge on any atom is -0.444 e. The number of nitrogens with one attached hydrogen (secondary N) is 2. The summed E-state index contributed by atoms with van der Waals surface area (Å²) >= 11 is 0. The molecule has 2 atom stereocenters. The molecule has 0 aromatic heterocycles. The summed E-state index contributed by atoms with van der Waals surface area (Å²) in [6, 6.07) is 17.7. The Labute approximate surface area is 272 Å². The third kappa shape index (κ3) is 11.0. The molecule has 3 rings (SSSR count). The van der Waals surface area contributed by atoms with Gasteiger partial charge in [-0.15, -0.1) is 6.42 Å². The van der Waals surface area contributed by atoms with Crippen LogP contribution in [0, 0.1) is 12.3 Å². The van der Waals surface area contributed by atoms with Gasteiger partial charge in [-0.25, -0.2) is 4.79 Å². The van der Waals surface area contributed by atoms with Gasteiger partial charge in [0.25, 0.3) is 5.91 Å². The highest BCUT2D eigenvalue weighted by atomic mass is 16.6. The third-order valence-corrected chi connectivity index (χ3v) is 7.40. The number of unbranched alkanes of at least 4 members (excludes halogenated alkanes) is 5. The van der Waals surface area contributed by atoms with E-state index in [1.54, 1.807) is 51.1 Å². The van der Waals surface area contributed by atoms with Crippen LogP contribution in [0.25, 0.3) is 10.8 Å². The number of benzene rings is 3. The van der Waals surface area contributed by atoms with Crippen LogP contribution in [0.5, 0.6) is 0 Å². The summed E-state index contributed by atoms with van der Waals surface area (Å²) in [5.41, 5.74) is 6.38. The number of hydrogen-bond donors (Lipinski definition) is 3. The highest BCUT2D eigenvalue weighted by molar-refractivity contribution is 6.01. The molecule has 0 aliphatic rings. The predicted octanol–water partition coefficient (Wildman–Crippen LogP) is 6.46. The van der Waals surface area contributed by atoms with E-state index >= 15 is 0 Å². The van der Waals surface area contributed by atoms with Gasteiger partial charge in [0.05, 0.1) is 6.42 Å². The molecule has 3 aromatic carbocycles. The summed E-state index contributed by atoms with van der Waals surface area (Å²) < 4.78 is 5.38. The van der Waals surface area contributed by atoms with Gasteiger partial charge in [-0.05, 0) is 67.8 Å². The Kier molecular flexibility index (Phi) is 13.2. The first-order valence-electron chi connectivity index (χ1n) is 15.9. The van der Waals surface area contributed by atoms with Crippen LogP contribution < -0.4 is 16.4 Å². The maximum absolute atomic E-state index is 14.4. The zero-order chi connectivity index (χ0) is 33.7. The van der Waals surface area contributed by atoms with Crippen molar-refractivity contribution in [3.8, 4) is 12.3 Å². The molecule has 0 radical (unpaired) electrons. The van der Waals surface area contributed by atoms with E-state index in [2.05, 4.69) is 23.5 Å². The summed E-state index contributed by atoms with van der Waals surface area (Å²) in [5, 5.41) is 7.48. The highest BCUT2D eigenvalue weighted by Crippen LogP contribution is 2.27. The molecular weight excluding hydrogens is 580 g/mol. The van der Waals surface area contributed by atoms with Crippen molar-refractivity contribution >= 4 is 40.3 Å². The first-order chi connectivity index (χ1) is 21.9. The maximum atomic E-state index is 14.4. The van der Waals surface area contributed by atoms with Gasteiger partial charge in [0, 0.05) is 17.8 Å². The van der Waals surface area contributed by atoms with E-state index in [1.165, 1.54) is 4.90 Å². The number of amides is 4. The average Bonchev–Trinajstić information content (AvgIpc) is 3.00. The Hall–Kier alpha value is -4.84. The third-order valence-electron chi connectivity index (χ3n) is 7.40. The SMILES string of the molecule is C#Cc1ccc(C(C(=O)Nc2ccc3ccccc3c2)N(CCCCCCCC)C(=O)C(CC(N)=O)NC(=O)OC(C)(C)C)cc1. The van der Waals surface area contributed by atoms with Crippen LogP contribution in [0.15, 0.2) is 66.7 Å². The Bertz CT molecular complexity index is 1540. The number of carbonyl (C=O) groups excluding carboxylic acids is 4. The second kappa shape index (κ2) is 17.0. The van der Waals surface area contributed by atoms with Gasteiger partial charge in [0.1, 0.15) is 17.7 Å². The molecule has 0 bridgehead atoms. The van der Waals surface area contributed by atoms with Crippen LogP contribution in [-0.2, 0) is 19.1 Å². The van der Waals surface area contributed by atoms with Crippen molar-refractivity contribution in [2.24, 2.45) is 5.73 Å². The molecule has 0 aliphatic heterocycles. The molecule has 46 heavy (non-hydrogen) atoms. The second-order valence-electron chi connectivity index (χ2n) is 12.4. The molecule has 0 heterocycles. The summed E-state index contributed by atoms with van der Waals surface area (Å²) in [4.78, 5) is 54.9. The van der Waals surface area contributed by atoms with Crippen molar-refractivity contribution < 1.29 is 23.9 Å². The van der Waals surface area contributed by atoms with Crippen molar-refractivity contribution in [2.45, 2.75) is 90.3 Å². The fraction of sp³-hybridized carbons (Fsp3) is 0.405. The quantitative estimate of drug-likeness (QED) is 0.132. The number of carbonyl (C=O) groups is 4. The minimum atomic E-state index is -1.35. The normalized spacial score (nSPS) is 12.4. The van der Waals surface area contributed by atoms with Gasteiger partial charge in [-0.2, -0.15) is 0 Å². The zero-order valence-corrected chi connectivity index (χ0v) is 27.3. The molecule has 2 unspecified atom stereocenters. The molecule has 9 nitrogen and oxygen atoms in total. The number of fused-ring (bicyclic) bond motifs is 1. The first kappa shape index (κ1) is 35.6. The number of terminal acetylenes is 1. The van der Waals surface area contributed by atoms with Crippen LogP contribution in [0.3, 0.4) is 0 Å². The summed E-state index contributed by atoms with van der Waals surface area (Å²) in [6.45, 7) is 7.41. The molecule has 0 fully saturated rings. The Morgan fingerprint density at radius 2 is 1.57 bits per heavy atom. The smallest absolute Gasteiger partial charge is 0.408 e. The van der Waals surface area contributed by atoms with Crippen molar-refractivity contribution in [3.63, 3.8) is 0 Å². The fourth-order valence-electron chi connectivity index (χ4n) is 5.19. The largest absolute Gasteiger partial charge is 0.444 e. The van der Waals surface area contributed by atoms with E-state index in [0.717, 1.165) is 42.9 Å². The fourth-order valence-corrected chi connectivity index (χ4v) is 5.19. The van der Waals surface area contributed by atoms with Gasteiger partial charge in [0.2, 0.25) is 11.8 Å². The lowest BCUT2D eigenvalue weighted by atomic mass is 9.99.